The lowest BCUT2D eigenvalue weighted by Crippen LogP contribution is -2.15. The van der Waals surface area contributed by atoms with Gasteiger partial charge in [0.2, 0.25) is 5.43 Å². The van der Waals surface area contributed by atoms with E-state index in [1.165, 1.54) is 30.5 Å². The van der Waals surface area contributed by atoms with Crippen LogP contribution in [-0.4, -0.2) is 27.3 Å². The zero-order valence-corrected chi connectivity index (χ0v) is 15.0. The maximum Gasteiger partial charge on any atom is 0.223 e. The van der Waals surface area contributed by atoms with Gasteiger partial charge in [0.1, 0.15) is 5.82 Å². The predicted molar refractivity (Wildman–Crippen MR) is 95.0 cm³/mol. The summed E-state index contributed by atoms with van der Waals surface area (Å²) < 4.78 is 30.7. The van der Waals surface area contributed by atoms with Gasteiger partial charge in [-0.15, -0.1) is 0 Å². The second-order valence-corrected chi connectivity index (χ2v) is 7.11. The summed E-state index contributed by atoms with van der Waals surface area (Å²) in [6, 6.07) is 5.37. The number of rotatable bonds is 8. The number of Topliss-reactive ketones (excluding diaryl/α,β-unsaturated/α-hetero) is 1. The van der Waals surface area contributed by atoms with Gasteiger partial charge in [-0.05, 0) is 37.1 Å². The van der Waals surface area contributed by atoms with Crippen molar-refractivity contribution < 1.29 is 18.1 Å². The third kappa shape index (κ3) is 5.35. The summed E-state index contributed by atoms with van der Waals surface area (Å²) in [5.41, 5.74) is 0.864. The molecule has 0 aliphatic rings. The zero-order chi connectivity index (χ0) is 18.4. The van der Waals surface area contributed by atoms with Crippen molar-refractivity contribution in [3.05, 3.63) is 63.3 Å². The van der Waals surface area contributed by atoms with E-state index in [0.717, 1.165) is 6.42 Å². The maximum absolute atomic E-state index is 13.2. The summed E-state index contributed by atoms with van der Waals surface area (Å²) >= 11 is 0. The molecule has 1 aromatic carbocycles. The Bertz CT molecular complexity index is 847. The molecule has 1 N–H and O–H groups in total. The molecule has 0 aliphatic heterocycles. The van der Waals surface area contributed by atoms with Crippen LogP contribution in [-0.2, 0) is 16.6 Å². The molecule has 134 valence electrons. The third-order valence-corrected chi connectivity index (χ3v) is 4.70. The molecule has 2 aromatic rings. The molecule has 0 amide bonds. The number of pyridine rings is 1. The molecule has 1 atom stereocenters. The molecule has 0 fully saturated rings. The largest absolute Gasteiger partial charge is 0.488 e. The molecule has 0 aliphatic carbocycles. The number of carbonyl (C=O) groups is 1. The smallest absolute Gasteiger partial charge is 0.223 e. The fraction of sp³-hybridized carbons (Fsp3) is 0.333. The van der Waals surface area contributed by atoms with Crippen molar-refractivity contribution in [2.75, 3.05) is 12.4 Å². The van der Waals surface area contributed by atoms with Crippen LogP contribution in [0.25, 0.3) is 0 Å². The van der Waals surface area contributed by atoms with Crippen LogP contribution in [0.2, 0.25) is 0 Å². The highest BCUT2D eigenvalue weighted by atomic mass is 32.2. The molecule has 2 rings (SSSR count). The molecule has 0 saturated carbocycles. The number of nitrogens with one attached hydrogen (secondary N) is 1. The van der Waals surface area contributed by atoms with Crippen LogP contribution < -0.4 is 10.2 Å². The normalized spacial score (nSPS) is 12.0. The molecule has 0 saturated heterocycles. The lowest BCUT2D eigenvalue weighted by molar-refractivity contribution is 0.102. The van der Waals surface area contributed by atoms with E-state index in [1.807, 2.05) is 6.92 Å². The van der Waals surface area contributed by atoms with E-state index < -0.39 is 10.8 Å². The van der Waals surface area contributed by atoms with Crippen molar-refractivity contribution >= 4 is 16.6 Å². The minimum atomic E-state index is -1.49. The first-order valence-corrected chi connectivity index (χ1v) is 9.38. The highest BCUT2D eigenvalue weighted by molar-refractivity contribution is 7.85. The lowest BCUT2D eigenvalue weighted by atomic mass is 10.1. The van der Waals surface area contributed by atoms with Gasteiger partial charge < -0.3 is 9.72 Å². The first-order valence-electron chi connectivity index (χ1n) is 7.89. The number of aromatic nitrogens is 1. The number of aromatic amines is 1. The molecule has 0 radical (unpaired) electrons. The standard InChI is InChI=1S/C18H20FNO4S/c1-3-6-24-18-9-20-14(8-16(18)21)10-25(23)11-17(22)13-4-5-15(19)12(2)7-13/h4-5,7-9H,3,6,10-11H2,1-2H3,(H,20,21). The summed E-state index contributed by atoms with van der Waals surface area (Å²) in [5, 5.41) is 0. The molecule has 25 heavy (non-hydrogen) atoms. The van der Waals surface area contributed by atoms with Gasteiger partial charge in [0.25, 0.3) is 0 Å². The van der Waals surface area contributed by atoms with Gasteiger partial charge in [-0.1, -0.05) is 6.92 Å². The minimum absolute atomic E-state index is 0.0508. The third-order valence-electron chi connectivity index (χ3n) is 3.49. The van der Waals surface area contributed by atoms with Crippen LogP contribution in [0.15, 0.2) is 35.3 Å². The lowest BCUT2D eigenvalue weighted by Gasteiger charge is -2.06. The Morgan fingerprint density at radius 2 is 2.08 bits per heavy atom. The molecule has 7 heteroatoms. The minimum Gasteiger partial charge on any atom is -0.488 e. The van der Waals surface area contributed by atoms with Crippen molar-refractivity contribution in [2.45, 2.75) is 26.0 Å². The number of hydrogen-bond donors (Lipinski definition) is 1. The number of ketones is 1. The number of halogens is 1. The van der Waals surface area contributed by atoms with Gasteiger partial charge in [-0.3, -0.25) is 13.8 Å². The molecule has 1 heterocycles. The van der Waals surface area contributed by atoms with Crippen LogP contribution in [0, 0.1) is 12.7 Å². The number of aryl methyl sites for hydroxylation is 1. The van der Waals surface area contributed by atoms with Crippen LogP contribution in [0.4, 0.5) is 4.39 Å². The summed E-state index contributed by atoms with van der Waals surface area (Å²) in [7, 11) is -1.49. The Morgan fingerprint density at radius 1 is 1.32 bits per heavy atom. The van der Waals surface area contributed by atoms with Crippen molar-refractivity contribution in [3.8, 4) is 5.75 Å². The molecule has 0 spiro atoms. The van der Waals surface area contributed by atoms with Crippen LogP contribution in [0.1, 0.15) is 35.0 Å². The fourth-order valence-corrected chi connectivity index (χ4v) is 3.26. The predicted octanol–water partition coefficient (Wildman–Crippen LogP) is 2.74. The number of benzene rings is 1. The molecular formula is C18H20FNO4S. The topological polar surface area (TPSA) is 76.2 Å². The van der Waals surface area contributed by atoms with E-state index in [4.69, 9.17) is 4.74 Å². The average Bonchev–Trinajstić information content (AvgIpc) is 2.56. The Balaban J connectivity index is 1.99. The fourth-order valence-electron chi connectivity index (χ4n) is 2.18. The molecule has 1 unspecified atom stereocenters. The molecule has 0 bridgehead atoms. The first kappa shape index (κ1) is 19.1. The highest BCUT2D eigenvalue weighted by Crippen LogP contribution is 2.11. The average molecular weight is 365 g/mol. The van der Waals surface area contributed by atoms with Gasteiger partial charge in [-0.2, -0.15) is 0 Å². The van der Waals surface area contributed by atoms with Gasteiger partial charge in [-0.25, -0.2) is 4.39 Å². The molecule has 5 nitrogen and oxygen atoms in total. The Kier molecular flexibility index (Phi) is 6.64. The van der Waals surface area contributed by atoms with E-state index in [1.54, 1.807) is 6.92 Å². The molecule has 1 aromatic heterocycles. The summed E-state index contributed by atoms with van der Waals surface area (Å²) in [6.07, 6.45) is 2.23. The van der Waals surface area contributed by atoms with E-state index in [0.29, 0.717) is 23.4 Å². The number of carbonyl (C=O) groups excluding carboxylic acids is 1. The zero-order valence-electron chi connectivity index (χ0n) is 14.1. The van der Waals surface area contributed by atoms with E-state index in [9.17, 15) is 18.2 Å². The Morgan fingerprint density at radius 3 is 2.72 bits per heavy atom. The summed E-state index contributed by atoms with van der Waals surface area (Å²) in [4.78, 5) is 26.9. The SMILES string of the molecule is CCCOc1c[nH]c(CS(=O)CC(=O)c2ccc(F)c(C)c2)cc1=O. The monoisotopic (exact) mass is 365 g/mol. The summed E-state index contributed by atoms with van der Waals surface area (Å²) in [6.45, 7) is 3.95. The second kappa shape index (κ2) is 8.71. The van der Waals surface area contributed by atoms with Gasteiger partial charge in [0.15, 0.2) is 11.5 Å². The van der Waals surface area contributed by atoms with E-state index in [2.05, 4.69) is 4.98 Å². The van der Waals surface area contributed by atoms with Crippen molar-refractivity contribution in [2.24, 2.45) is 0 Å². The van der Waals surface area contributed by atoms with Crippen LogP contribution >= 0.6 is 0 Å². The molecular weight excluding hydrogens is 345 g/mol. The maximum atomic E-state index is 13.2. The first-order chi connectivity index (χ1) is 11.9. The van der Waals surface area contributed by atoms with Crippen molar-refractivity contribution in [3.63, 3.8) is 0 Å². The van der Waals surface area contributed by atoms with Gasteiger partial charge >= 0.3 is 0 Å². The quantitative estimate of drug-likeness (QED) is 0.730. The van der Waals surface area contributed by atoms with E-state index >= 15 is 0 Å². The number of hydrogen-bond acceptors (Lipinski definition) is 4. The Labute approximate surface area is 147 Å². The van der Waals surface area contributed by atoms with Crippen LogP contribution in [0.5, 0.6) is 5.75 Å². The van der Waals surface area contributed by atoms with E-state index in [-0.39, 0.29) is 34.3 Å². The summed E-state index contributed by atoms with van der Waals surface area (Å²) in [5.74, 6) is -0.641. The van der Waals surface area contributed by atoms with Crippen molar-refractivity contribution in [1.82, 2.24) is 4.98 Å². The number of H-pyrrole nitrogens is 1. The highest BCUT2D eigenvalue weighted by Gasteiger charge is 2.13. The van der Waals surface area contributed by atoms with Crippen LogP contribution in [0.3, 0.4) is 0 Å². The van der Waals surface area contributed by atoms with Gasteiger partial charge in [0, 0.05) is 34.3 Å². The Hall–Kier alpha value is -2.28. The van der Waals surface area contributed by atoms with Crippen molar-refractivity contribution in [1.29, 1.82) is 0 Å². The number of ether oxygens (including phenoxy) is 1. The van der Waals surface area contributed by atoms with Gasteiger partial charge in [0.05, 0.1) is 18.1 Å². The second-order valence-electron chi connectivity index (χ2n) is 5.65.